The molecule has 2 aromatic rings. The molecule has 25 heavy (non-hydrogen) atoms. The second-order valence-electron chi connectivity index (χ2n) is 6.11. The molecule has 5 heteroatoms. The number of benzene rings is 1. The van der Waals surface area contributed by atoms with Gasteiger partial charge in [0.05, 0.1) is 12.7 Å². The normalized spacial score (nSPS) is 20.0. The van der Waals surface area contributed by atoms with Crippen molar-refractivity contribution in [1.29, 1.82) is 0 Å². The van der Waals surface area contributed by atoms with E-state index < -0.39 is 0 Å². The lowest BCUT2D eigenvalue weighted by Gasteiger charge is -2.32. The quantitative estimate of drug-likeness (QED) is 0.810. The molecule has 1 N–H and O–H groups in total. The Hall–Kier alpha value is -2.40. The molecule has 1 aromatic heterocycles. The molecule has 0 aliphatic carbocycles. The summed E-state index contributed by atoms with van der Waals surface area (Å²) in [6.07, 6.45) is 3.87. The average Bonchev–Trinajstić information content (AvgIpc) is 2.68. The van der Waals surface area contributed by atoms with Crippen LogP contribution in [0.25, 0.3) is 0 Å². The van der Waals surface area contributed by atoms with Gasteiger partial charge in [-0.2, -0.15) is 0 Å². The molecule has 1 aliphatic rings. The molecule has 2 unspecified atom stereocenters. The van der Waals surface area contributed by atoms with Crippen LogP contribution >= 0.6 is 0 Å². The van der Waals surface area contributed by atoms with E-state index in [-0.39, 0.29) is 12.1 Å². The van der Waals surface area contributed by atoms with Gasteiger partial charge in [-0.3, -0.25) is 0 Å². The Morgan fingerprint density at radius 2 is 2.12 bits per heavy atom. The molecular formula is C20H24N2O3. The van der Waals surface area contributed by atoms with Gasteiger partial charge in [0, 0.05) is 25.3 Å². The van der Waals surface area contributed by atoms with Gasteiger partial charge >= 0.3 is 5.97 Å². The summed E-state index contributed by atoms with van der Waals surface area (Å²) in [5.74, 6) is 0.546. The number of aromatic nitrogens is 1. The summed E-state index contributed by atoms with van der Waals surface area (Å²) in [6.45, 7) is 3.63. The number of hydrogen-bond donors (Lipinski definition) is 1. The van der Waals surface area contributed by atoms with Crippen molar-refractivity contribution in [2.45, 2.75) is 25.9 Å². The highest BCUT2D eigenvalue weighted by Gasteiger charge is 2.27. The lowest BCUT2D eigenvalue weighted by molar-refractivity contribution is -0.0238. The number of carbonyl (C=O) groups excluding carboxylic acids is 1. The van der Waals surface area contributed by atoms with E-state index in [1.807, 2.05) is 18.2 Å². The molecule has 0 bridgehead atoms. The first-order valence-corrected chi connectivity index (χ1v) is 8.82. The maximum Gasteiger partial charge on any atom is 0.341 e. The Balaban J connectivity index is 1.71. The first kappa shape index (κ1) is 17.4. The van der Waals surface area contributed by atoms with Crippen LogP contribution in [0.15, 0.2) is 48.7 Å². The van der Waals surface area contributed by atoms with E-state index in [4.69, 9.17) is 9.47 Å². The molecule has 2 heterocycles. The van der Waals surface area contributed by atoms with Gasteiger partial charge in [-0.25, -0.2) is 9.78 Å². The van der Waals surface area contributed by atoms with Crippen LogP contribution in [0.4, 0.5) is 5.82 Å². The van der Waals surface area contributed by atoms with Gasteiger partial charge in [-0.1, -0.05) is 30.3 Å². The zero-order chi connectivity index (χ0) is 17.5. The van der Waals surface area contributed by atoms with Gasteiger partial charge in [0.2, 0.25) is 0 Å². The van der Waals surface area contributed by atoms with E-state index in [9.17, 15) is 4.79 Å². The highest BCUT2D eigenvalue weighted by Crippen LogP contribution is 2.33. The maximum atomic E-state index is 12.1. The summed E-state index contributed by atoms with van der Waals surface area (Å²) in [4.78, 5) is 16.4. The minimum Gasteiger partial charge on any atom is -0.462 e. The van der Waals surface area contributed by atoms with Gasteiger partial charge in [0.1, 0.15) is 11.4 Å². The molecular weight excluding hydrogens is 316 g/mol. The molecule has 2 atom stereocenters. The number of ether oxygens (including phenoxy) is 2. The zero-order valence-electron chi connectivity index (χ0n) is 14.5. The van der Waals surface area contributed by atoms with Crippen molar-refractivity contribution in [1.82, 2.24) is 4.98 Å². The van der Waals surface area contributed by atoms with Gasteiger partial charge < -0.3 is 14.8 Å². The number of rotatable bonds is 6. The Morgan fingerprint density at radius 1 is 1.28 bits per heavy atom. The number of anilines is 1. The molecule has 0 saturated carbocycles. The number of pyridine rings is 1. The third-order valence-corrected chi connectivity index (χ3v) is 4.41. The van der Waals surface area contributed by atoms with Crippen molar-refractivity contribution in [3.05, 3.63) is 59.8 Å². The van der Waals surface area contributed by atoms with Gasteiger partial charge in [-0.15, -0.1) is 0 Å². The summed E-state index contributed by atoms with van der Waals surface area (Å²) in [5.41, 5.74) is 1.66. The monoisotopic (exact) mass is 340 g/mol. The van der Waals surface area contributed by atoms with Crippen LogP contribution in [0.5, 0.6) is 0 Å². The second-order valence-corrected chi connectivity index (χ2v) is 6.11. The number of nitrogens with zero attached hydrogens (tertiary/aromatic N) is 1. The summed E-state index contributed by atoms with van der Waals surface area (Å²) in [6, 6.07) is 13.8. The van der Waals surface area contributed by atoms with Crippen molar-refractivity contribution >= 4 is 11.8 Å². The molecule has 1 saturated heterocycles. The second kappa shape index (κ2) is 8.62. The molecule has 1 aromatic carbocycles. The highest BCUT2D eigenvalue weighted by molar-refractivity contribution is 5.94. The van der Waals surface area contributed by atoms with Gasteiger partial charge in [0.25, 0.3) is 0 Å². The lowest BCUT2D eigenvalue weighted by Crippen LogP contribution is -2.29. The van der Waals surface area contributed by atoms with E-state index in [2.05, 4.69) is 22.4 Å². The fraction of sp³-hybridized carbons (Fsp3) is 0.400. The summed E-state index contributed by atoms with van der Waals surface area (Å²) < 4.78 is 11.1. The van der Waals surface area contributed by atoms with Gasteiger partial charge in [-0.05, 0) is 37.5 Å². The Bertz CT molecular complexity index is 690. The summed E-state index contributed by atoms with van der Waals surface area (Å²) >= 11 is 0. The third kappa shape index (κ3) is 4.37. The van der Waals surface area contributed by atoms with Crippen molar-refractivity contribution in [2.24, 2.45) is 5.92 Å². The molecule has 3 rings (SSSR count). The molecule has 0 radical (unpaired) electrons. The van der Waals surface area contributed by atoms with Crippen molar-refractivity contribution < 1.29 is 14.3 Å². The van der Waals surface area contributed by atoms with Crippen molar-refractivity contribution in [2.75, 3.05) is 25.1 Å². The van der Waals surface area contributed by atoms with Crippen LogP contribution < -0.4 is 5.32 Å². The first-order chi connectivity index (χ1) is 12.3. The van der Waals surface area contributed by atoms with E-state index in [0.717, 1.165) is 19.4 Å². The Kier molecular flexibility index (Phi) is 6.01. The average molecular weight is 340 g/mol. The van der Waals surface area contributed by atoms with Crippen molar-refractivity contribution in [3.8, 4) is 0 Å². The van der Waals surface area contributed by atoms with Crippen molar-refractivity contribution in [3.63, 3.8) is 0 Å². The van der Waals surface area contributed by atoms with Crippen LogP contribution in [0.1, 0.15) is 41.8 Å². The molecule has 132 valence electrons. The maximum absolute atomic E-state index is 12.1. The predicted molar refractivity (Wildman–Crippen MR) is 96.5 cm³/mol. The molecule has 1 fully saturated rings. The molecule has 0 spiro atoms. The predicted octanol–water partition coefficient (Wildman–Crippen LogP) is 3.84. The highest BCUT2D eigenvalue weighted by atomic mass is 16.5. The smallest absolute Gasteiger partial charge is 0.341 e. The van der Waals surface area contributed by atoms with Gasteiger partial charge in [0.15, 0.2) is 0 Å². The van der Waals surface area contributed by atoms with Crippen LogP contribution in [0, 0.1) is 5.92 Å². The van der Waals surface area contributed by atoms with E-state index >= 15 is 0 Å². The summed E-state index contributed by atoms with van der Waals surface area (Å²) in [5, 5.41) is 3.33. The Morgan fingerprint density at radius 3 is 2.92 bits per heavy atom. The van der Waals surface area contributed by atoms with Crippen LogP contribution in [-0.2, 0) is 9.47 Å². The summed E-state index contributed by atoms with van der Waals surface area (Å²) in [7, 11) is 0. The van der Waals surface area contributed by atoms with E-state index in [1.54, 1.807) is 25.3 Å². The van der Waals surface area contributed by atoms with Crippen LogP contribution in [-0.4, -0.2) is 30.7 Å². The standard InChI is InChI=1S/C20H24N2O3/c1-2-24-20(23)17-11-6-12-21-19(17)22-14-16-10-7-13-25-18(16)15-8-4-3-5-9-15/h3-6,8-9,11-12,16,18H,2,7,10,13-14H2,1H3,(H,21,22). The number of esters is 1. The topological polar surface area (TPSA) is 60.5 Å². The molecule has 0 amide bonds. The fourth-order valence-electron chi connectivity index (χ4n) is 3.21. The number of hydrogen-bond acceptors (Lipinski definition) is 5. The SMILES string of the molecule is CCOC(=O)c1cccnc1NCC1CCCOC1c1ccccc1. The number of nitrogens with one attached hydrogen (secondary N) is 1. The Labute approximate surface area is 148 Å². The molecule has 1 aliphatic heterocycles. The first-order valence-electron chi connectivity index (χ1n) is 8.82. The van der Waals surface area contributed by atoms with Crippen LogP contribution in [0.2, 0.25) is 0 Å². The molecule has 5 nitrogen and oxygen atoms in total. The minimum absolute atomic E-state index is 0.0669. The largest absolute Gasteiger partial charge is 0.462 e. The fourth-order valence-corrected chi connectivity index (χ4v) is 3.21. The van der Waals surface area contributed by atoms with Crippen LogP contribution in [0.3, 0.4) is 0 Å². The minimum atomic E-state index is -0.349. The third-order valence-electron chi connectivity index (χ3n) is 4.41. The zero-order valence-corrected chi connectivity index (χ0v) is 14.5. The lowest BCUT2D eigenvalue weighted by atomic mass is 9.89. The number of carbonyl (C=O) groups is 1. The van der Waals surface area contributed by atoms with E-state index in [1.165, 1.54) is 5.56 Å². The van der Waals surface area contributed by atoms with E-state index in [0.29, 0.717) is 30.5 Å².